The number of hydrogen-bond donors (Lipinski definition) is 0. The maximum absolute atomic E-state index is 9.83. The number of isocyanates is 1. The lowest BCUT2D eigenvalue weighted by atomic mass is 10.5. The monoisotopic (exact) mass is 151 g/mol. The first-order chi connectivity index (χ1) is 5.38. The van der Waals surface area contributed by atoms with E-state index in [0.717, 1.165) is 0 Å². The fourth-order valence-electron chi connectivity index (χ4n) is 0.582. The lowest BCUT2D eigenvalue weighted by Crippen LogP contribution is -1.86. The Morgan fingerprint density at radius 2 is 2.55 bits per heavy atom. The van der Waals surface area contributed by atoms with Crippen molar-refractivity contribution in [1.82, 2.24) is 9.97 Å². The number of carbonyl (C=O) groups excluding carboxylic acids is 1. The van der Waals surface area contributed by atoms with Crippen LogP contribution in [0.15, 0.2) is 17.5 Å². The van der Waals surface area contributed by atoms with Gasteiger partial charge in [0.25, 0.3) is 0 Å². The first-order valence-corrected chi connectivity index (χ1v) is 2.80. The number of methoxy groups -OCH3 is 1. The zero-order valence-corrected chi connectivity index (χ0v) is 5.81. The summed E-state index contributed by atoms with van der Waals surface area (Å²) in [6.45, 7) is 0. The van der Waals surface area contributed by atoms with Crippen molar-refractivity contribution in [3.8, 4) is 5.75 Å². The van der Waals surface area contributed by atoms with Crippen molar-refractivity contribution >= 4 is 11.9 Å². The Morgan fingerprint density at radius 1 is 1.73 bits per heavy atom. The first kappa shape index (κ1) is 7.37. The summed E-state index contributed by atoms with van der Waals surface area (Å²) in [5, 5.41) is 0. The van der Waals surface area contributed by atoms with Gasteiger partial charge in [-0.05, 0) is 0 Å². The molecule has 0 saturated heterocycles. The van der Waals surface area contributed by atoms with Crippen LogP contribution in [0.4, 0.5) is 5.82 Å². The van der Waals surface area contributed by atoms with E-state index in [1.165, 1.54) is 25.7 Å². The van der Waals surface area contributed by atoms with Crippen molar-refractivity contribution in [2.24, 2.45) is 4.99 Å². The summed E-state index contributed by atoms with van der Waals surface area (Å²) in [5.74, 6) is 0.549. The van der Waals surface area contributed by atoms with E-state index < -0.39 is 0 Å². The van der Waals surface area contributed by atoms with Crippen LogP contribution in [-0.4, -0.2) is 23.2 Å². The number of hydrogen-bond acceptors (Lipinski definition) is 5. The van der Waals surface area contributed by atoms with E-state index >= 15 is 0 Å². The standard InChI is InChI=1S/C6H5N3O2/c1-11-5-2-7-3-8-6(5)9-4-10/h2-3H,1H3. The smallest absolute Gasteiger partial charge is 0.242 e. The van der Waals surface area contributed by atoms with Crippen molar-refractivity contribution in [2.45, 2.75) is 0 Å². The Hall–Kier alpha value is -1.74. The van der Waals surface area contributed by atoms with Crippen LogP contribution in [0, 0.1) is 0 Å². The lowest BCUT2D eigenvalue weighted by Gasteiger charge is -1.97. The van der Waals surface area contributed by atoms with Gasteiger partial charge in [-0.1, -0.05) is 0 Å². The van der Waals surface area contributed by atoms with Crippen LogP contribution < -0.4 is 4.74 Å². The molecule has 0 spiro atoms. The summed E-state index contributed by atoms with van der Waals surface area (Å²) in [6, 6.07) is 0. The van der Waals surface area contributed by atoms with Crippen LogP contribution in [-0.2, 0) is 4.79 Å². The van der Waals surface area contributed by atoms with Crippen molar-refractivity contribution in [3.63, 3.8) is 0 Å². The third-order valence-corrected chi connectivity index (χ3v) is 1.03. The number of rotatable bonds is 2. The van der Waals surface area contributed by atoms with E-state index in [4.69, 9.17) is 4.74 Å². The summed E-state index contributed by atoms with van der Waals surface area (Å²) >= 11 is 0. The van der Waals surface area contributed by atoms with Crippen molar-refractivity contribution in [2.75, 3.05) is 7.11 Å². The molecule has 1 rings (SSSR count). The Labute approximate surface area is 62.8 Å². The molecule has 1 heterocycles. The Balaban J connectivity index is 3.11. The van der Waals surface area contributed by atoms with Gasteiger partial charge in [0, 0.05) is 0 Å². The minimum absolute atomic E-state index is 0.192. The van der Waals surface area contributed by atoms with E-state index in [1.807, 2.05) is 0 Å². The van der Waals surface area contributed by atoms with E-state index in [9.17, 15) is 4.79 Å². The minimum atomic E-state index is 0.192. The van der Waals surface area contributed by atoms with Gasteiger partial charge in [0.05, 0.1) is 13.3 Å². The largest absolute Gasteiger partial charge is 0.491 e. The lowest BCUT2D eigenvalue weighted by molar-refractivity contribution is 0.412. The minimum Gasteiger partial charge on any atom is -0.491 e. The number of aromatic nitrogens is 2. The topological polar surface area (TPSA) is 64.4 Å². The zero-order chi connectivity index (χ0) is 8.10. The molecule has 5 nitrogen and oxygen atoms in total. The molecule has 1 aromatic heterocycles. The first-order valence-electron chi connectivity index (χ1n) is 2.80. The van der Waals surface area contributed by atoms with E-state index in [2.05, 4.69) is 15.0 Å². The predicted octanol–water partition coefficient (Wildman–Crippen LogP) is 0.452. The fourth-order valence-corrected chi connectivity index (χ4v) is 0.582. The average Bonchev–Trinajstić information content (AvgIpc) is 2.06. The van der Waals surface area contributed by atoms with Gasteiger partial charge < -0.3 is 4.74 Å². The Morgan fingerprint density at radius 3 is 3.18 bits per heavy atom. The van der Waals surface area contributed by atoms with Gasteiger partial charge in [-0.15, -0.1) is 4.99 Å². The van der Waals surface area contributed by atoms with Crippen molar-refractivity contribution < 1.29 is 9.53 Å². The van der Waals surface area contributed by atoms with Crippen LogP contribution in [0.25, 0.3) is 0 Å². The van der Waals surface area contributed by atoms with Gasteiger partial charge in [-0.2, -0.15) is 0 Å². The molecule has 0 aliphatic heterocycles. The Kier molecular flexibility index (Phi) is 2.30. The second-order valence-electron chi connectivity index (χ2n) is 1.62. The van der Waals surface area contributed by atoms with Gasteiger partial charge in [-0.3, -0.25) is 0 Å². The van der Waals surface area contributed by atoms with Gasteiger partial charge >= 0.3 is 0 Å². The summed E-state index contributed by atoms with van der Waals surface area (Å²) in [6.07, 6.45) is 4.06. The highest BCUT2D eigenvalue weighted by Crippen LogP contribution is 2.20. The highest BCUT2D eigenvalue weighted by atomic mass is 16.5. The molecule has 0 N–H and O–H groups in total. The number of nitrogens with zero attached hydrogens (tertiary/aromatic N) is 3. The molecule has 0 saturated carbocycles. The SMILES string of the molecule is COc1cncnc1N=C=O. The summed E-state index contributed by atoms with van der Waals surface area (Å²) in [4.78, 5) is 20.5. The van der Waals surface area contributed by atoms with Crippen LogP contribution in [0.2, 0.25) is 0 Å². The molecule has 5 heteroatoms. The molecule has 0 amide bonds. The highest BCUT2D eigenvalue weighted by molar-refractivity contribution is 5.51. The van der Waals surface area contributed by atoms with E-state index in [0.29, 0.717) is 5.75 Å². The summed E-state index contributed by atoms with van der Waals surface area (Å²) < 4.78 is 4.80. The zero-order valence-electron chi connectivity index (χ0n) is 5.81. The predicted molar refractivity (Wildman–Crippen MR) is 36.4 cm³/mol. The van der Waals surface area contributed by atoms with E-state index in [1.54, 1.807) is 0 Å². The van der Waals surface area contributed by atoms with Crippen LogP contribution >= 0.6 is 0 Å². The van der Waals surface area contributed by atoms with Gasteiger partial charge in [-0.25, -0.2) is 14.8 Å². The van der Waals surface area contributed by atoms with Crippen LogP contribution in [0.1, 0.15) is 0 Å². The molecular weight excluding hydrogens is 146 g/mol. The number of aliphatic imine (C=N–C) groups is 1. The second-order valence-corrected chi connectivity index (χ2v) is 1.62. The van der Waals surface area contributed by atoms with Crippen LogP contribution in [0.3, 0.4) is 0 Å². The molecule has 0 aliphatic carbocycles. The normalized spacial score (nSPS) is 8.45. The average molecular weight is 151 g/mol. The maximum atomic E-state index is 9.83. The maximum Gasteiger partial charge on any atom is 0.242 e. The molecular formula is C6H5N3O2. The van der Waals surface area contributed by atoms with Crippen molar-refractivity contribution in [1.29, 1.82) is 0 Å². The third kappa shape index (κ3) is 1.59. The molecule has 11 heavy (non-hydrogen) atoms. The van der Waals surface area contributed by atoms with Gasteiger partial charge in [0.1, 0.15) is 6.33 Å². The van der Waals surface area contributed by atoms with Crippen molar-refractivity contribution in [3.05, 3.63) is 12.5 Å². The number of ether oxygens (including phenoxy) is 1. The molecule has 0 aliphatic rings. The van der Waals surface area contributed by atoms with Gasteiger partial charge in [0.15, 0.2) is 5.75 Å². The fraction of sp³-hybridized carbons (Fsp3) is 0.167. The molecule has 0 bridgehead atoms. The summed E-state index contributed by atoms with van der Waals surface area (Å²) in [5.41, 5.74) is 0. The van der Waals surface area contributed by atoms with E-state index in [-0.39, 0.29) is 5.82 Å². The highest BCUT2D eigenvalue weighted by Gasteiger charge is 1.99. The summed E-state index contributed by atoms with van der Waals surface area (Å²) in [7, 11) is 1.45. The molecule has 1 aromatic rings. The second kappa shape index (κ2) is 3.43. The molecule has 0 fully saturated rings. The third-order valence-electron chi connectivity index (χ3n) is 1.03. The Bertz CT molecular complexity index is 294. The molecule has 0 unspecified atom stereocenters. The quantitative estimate of drug-likeness (QED) is 0.454. The molecule has 56 valence electrons. The van der Waals surface area contributed by atoms with Crippen LogP contribution in [0.5, 0.6) is 5.75 Å². The molecule has 0 atom stereocenters. The van der Waals surface area contributed by atoms with Gasteiger partial charge in [0.2, 0.25) is 11.9 Å². The molecule has 0 radical (unpaired) electrons. The molecule has 0 aromatic carbocycles.